The number of carbonyl (C=O) groups excluding carboxylic acids is 1. The van der Waals surface area contributed by atoms with Crippen LogP contribution in [0.5, 0.6) is 0 Å². The monoisotopic (exact) mass is 220 g/mol. The molecular formula is C8H16N2O3S. The molecule has 1 atom stereocenters. The van der Waals surface area contributed by atoms with E-state index in [4.69, 9.17) is 0 Å². The van der Waals surface area contributed by atoms with Crippen LogP contribution in [0.3, 0.4) is 0 Å². The van der Waals surface area contributed by atoms with Gasteiger partial charge in [0.2, 0.25) is 15.9 Å². The van der Waals surface area contributed by atoms with Crippen LogP contribution in [-0.4, -0.2) is 32.7 Å². The van der Waals surface area contributed by atoms with Gasteiger partial charge >= 0.3 is 0 Å². The molecular weight excluding hydrogens is 204 g/mol. The second-order valence-electron chi connectivity index (χ2n) is 3.43. The first-order valence-corrected chi connectivity index (χ1v) is 6.45. The summed E-state index contributed by atoms with van der Waals surface area (Å²) in [6, 6.07) is 0.141. The molecule has 1 fully saturated rings. The highest BCUT2D eigenvalue weighted by Gasteiger charge is 2.19. The summed E-state index contributed by atoms with van der Waals surface area (Å²) in [5.74, 6) is -0.470. The number of nitrogens with one attached hydrogen (secondary N) is 2. The number of sulfonamides is 1. The van der Waals surface area contributed by atoms with Gasteiger partial charge in [-0.25, -0.2) is 8.42 Å². The number of carbonyl (C=O) groups is 1. The summed E-state index contributed by atoms with van der Waals surface area (Å²) in [6.45, 7) is 2.42. The van der Waals surface area contributed by atoms with Gasteiger partial charge in [-0.2, -0.15) is 0 Å². The lowest BCUT2D eigenvalue weighted by Crippen LogP contribution is -2.36. The first-order valence-electron chi connectivity index (χ1n) is 4.80. The minimum absolute atomic E-state index is 0.0587. The Hall–Kier alpha value is -0.620. The summed E-state index contributed by atoms with van der Waals surface area (Å²) in [5.41, 5.74) is 0. The molecule has 0 aromatic carbocycles. The molecule has 2 N–H and O–H groups in total. The quantitative estimate of drug-likeness (QED) is 0.675. The van der Waals surface area contributed by atoms with Gasteiger partial charge in [0.1, 0.15) is 0 Å². The zero-order valence-corrected chi connectivity index (χ0v) is 9.06. The predicted octanol–water partition coefficient (Wildman–Crippen LogP) is -0.406. The molecule has 1 amide bonds. The van der Waals surface area contributed by atoms with Gasteiger partial charge < -0.3 is 5.32 Å². The molecule has 1 unspecified atom stereocenters. The lowest BCUT2D eigenvalue weighted by molar-refractivity contribution is -0.119. The fraction of sp³-hybridized carbons (Fsp3) is 0.875. The van der Waals surface area contributed by atoms with Crippen LogP contribution in [0.4, 0.5) is 0 Å². The Morgan fingerprint density at radius 3 is 2.79 bits per heavy atom. The van der Waals surface area contributed by atoms with Crippen molar-refractivity contribution >= 4 is 15.9 Å². The smallest absolute Gasteiger partial charge is 0.234 e. The molecule has 0 aromatic rings. The first kappa shape index (κ1) is 11.5. The van der Waals surface area contributed by atoms with Crippen LogP contribution in [0.25, 0.3) is 0 Å². The van der Waals surface area contributed by atoms with Gasteiger partial charge in [-0.1, -0.05) is 0 Å². The standard InChI is InChI=1S/C8H16N2O3S/c1-2-14(12,13)10-8(11)6-7-4-3-5-9-7/h7,9H,2-6H2,1H3,(H,10,11). The predicted molar refractivity (Wildman–Crippen MR) is 53.2 cm³/mol. The van der Waals surface area contributed by atoms with Gasteiger partial charge in [0.25, 0.3) is 0 Å². The minimum Gasteiger partial charge on any atom is -0.313 e. The Kier molecular flexibility index (Phi) is 3.88. The Balaban J connectivity index is 2.35. The molecule has 82 valence electrons. The van der Waals surface area contributed by atoms with E-state index in [1.54, 1.807) is 0 Å². The van der Waals surface area contributed by atoms with Gasteiger partial charge in [0.05, 0.1) is 5.75 Å². The van der Waals surface area contributed by atoms with Crippen molar-refractivity contribution in [1.29, 1.82) is 0 Å². The maximum atomic E-state index is 11.2. The second-order valence-corrected chi connectivity index (χ2v) is 5.44. The lowest BCUT2D eigenvalue weighted by Gasteiger charge is -2.09. The zero-order chi connectivity index (χ0) is 10.6. The maximum Gasteiger partial charge on any atom is 0.234 e. The lowest BCUT2D eigenvalue weighted by atomic mass is 10.1. The molecule has 0 aliphatic carbocycles. The summed E-state index contributed by atoms with van der Waals surface area (Å²) in [6.07, 6.45) is 2.25. The third kappa shape index (κ3) is 3.63. The molecule has 0 radical (unpaired) electrons. The molecule has 14 heavy (non-hydrogen) atoms. The number of hydrogen-bond donors (Lipinski definition) is 2. The Bertz CT molecular complexity index is 294. The Morgan fingerprint density at radius 2 is 2.29 bits per heavy atom. The molecule has 0 saturated carbocycles. The normalized spacial score (nSPS) is 22.2. The van der Waals surface area contributed by atoms with E-state index in [-0.39, 0.29) is 18.2 Å². The van der Waals surface area contributed by atoms with Crippen molar-refractivity contribution in [3.8, 4) is 0 Å². The van der Waals surface area contributed by atoms with E-state index in [1.807, 2.05) is 4.72 Å². The number of amides is 1. The van der Waals surface area contributed by atoms with Crippen molar-refractivity contribution in [2.75, 3.05) is 12.3 Å². The van der Waals surface area contributed by atoms with Crippen LogP contribution in [-0.2, 0) is 14.8 Å². The van der Waals surface area contributed by atoms with E-state index < -0.39 is 15.9 Å². The number of rotatable bonds is 4. The SMILES string of the molecule is CCS(=O)(=O)NC(=O)CC1CCCN1. The average Bonchev–Trinajstić information content (AvgIpc) is 2.55. The largest absolute Gasteiger partial charge is 0.313 e. The van der Waals surface area contributed by atoms with Gasteiger partial charge in [-0.15, -0.1) is 0 Å². The molecule has 0 aromatic heterocycles. The molecule has 5 nitrogen and oxygen atoms in total. The van der Waals surface area contributed by atoms with Crippen LogP contribution in [0.15, 0.2) is 0 Å². The summed E-state index contributed by atoms with van der Waals surface area (Å²) >= 11 is 0. The third-order valence-electron chi connectivity index (χ3n) is 2.24. The molecule has 1 aliphatic heterocycles. The highest BCUT2D eigenvalue weighted by molar-refractivity contribution is 7.90. The van der Waals surface area contributed by atoms with Crippen LogP contribution in [0.2, 0.25) is 0 Å². The summed E-state index contributed by atoms with van der Waals surface area (Å²) in [7, 11) is -3.39. The second kappa shape index (κ2) is 4.75. The van der Waals surface area contributed by atoms with E-state index in [2.05, 4.69) is 5.32 Å². The van der Waals surface area contributed by atoms with Crippen LogP contribution < -0.4 is 10.0 Å². The summed E-state index contributed by atoms with van der Waals surface area (Å²) in [5, 5.41) is 3.14. The first-order chi connectivity index (χ1) is 6.53. The molecule has 1 aliphatic rings. The van der Waals surface area contributed by atoms with Crippen molar-refractivity contribution in [2.45, 2.75) is 32.2 Å². The highest BCUT2D eigenvalue weighted by atomic mass is 32.2. The van der Waals surface area contributed by atoms with Crippen molar-refractivity contribution < 1.29 is 13.2 Å². The minimum atomic E-state index is -3.39. The van der Waals surface area contributed by atoms with Crippen LogP contribution in [0.1, 0.15) is 26.2 Å². The molecule has 1 rings (SSSR count). The Morgan fingerprint density at radius 1 is 1.57 bits per heavy atom. The van der Waals surface area contributed by atoms with Crippen LogP contribution in [0, 0.1) is 0 Å². The maximum absolute atomic E-state index is 11.2. The molecule has 0 spiro atoms. The topological polar surface area (TPSA) is 75.3 Å². The zero-order valence-electron chi connectivity index (χ0n) is 8.25. The van der Waals surface area contributed by atoms with Crippen molar-refractivity contribution in [2.24, 2.45) is 0 Å². The van der Waals surface area contributed by atoms with Gasteiger partial charge in [0.15, 0.2) is 0 Å². The molecule has 0 bridgehead atoms. The van der Waals surface area contributed by atoms with Crippen molar-refractivity contribution in [1.82, 2.24) is 10.0 Å². The molecule has 6 heteroatoms. The molecule has 1 saturated heterocycles. The van der Waals surface area contributed by atoms with E-state index in [0.717, 1.165) is 19.4 Å². The number of hydrogen-bond acceptors (Lipinski definition) is 4. The van der Waals surface area contributed by atoms with Crippen molar-refractivity contribution in [3.63, 3.8) is 0 Å². The van der Waals surface area contributed by atoms with E-state index in [1.165, 1.54) is 6.92 Å². The van der Waals surface area contributed by atoms with Gasteiger partial charge in [0, 0.05) is 12.5 Å². The van der Waals surface area contributed by atoms with E-state index in [9.17, 15) is 13.2 Å². The fourth-order valence-corrected chi connectivity index (χ4v) is 2.02. The summed E-state index contributed by atoms with van der Waals surface area (Å²) in [4.78, 5) is 11.2. The van der Waals surface area contributed by atoms with Gasteiger partial charge in [-0.3, -0.25) is 9.52 Å². The molecule has 1 heterocycles. The van der Waals surface area contributed by atoms with Gasteiger partial charge in [-0.05, 0) is 26.3 Å². The van der Waals surface area contributed by atoms with Crippen molar-refractivity contribution in [3.05, 3.63) is 0 Å². The summed E-state index contributed by atoms with van der Waals surface area (Å²) < 4.78 is 24.1. The third-order valence-corrected chi connectivity index (χ3v) is 3.54. The Labute approximate surface area is 84.3 Å². The van der Waals surface area contributed by atoms with Crippen LogP contribution >= 0.6 is 0 Å². The average molecular weight is 220 g/mol. The fourth-order valence-electron chi connectivity index (χ4n) is 1.44. The van der Waals surface area contributed by atoms with E-state index in [0.29, 0.717) is 0 Å². The highest BCUT2D eigenvalue weighted by Crippen LogP contribution is 2.08. The van der Waals surface area contributed by atoms with E-state index >= 15 is 0 Å².